The van der Waals surface area contributed by atoms with Crippen molar-refractivity contribution in [2.75, 3.05) is 26.2 Å². The number of nitrogens with two attached hydrogens (primary N) is 1. The van der Waals surface area contributed by atoms with Crippen LogP contribution in [0, 0.1) is 5.92 Å². The maximum atomic E-state index is 14.7. The van der Waals surface area contributed by atoms with E-state index in [-0.39, 0.29) is 44.1 Å². The molecule has 13 nitrogen and oxygen atoms in total. The van der Waals surface area contributed by atoms with Gasteiger partial charge in [0.25, 0.3) is 5.89 Å². The van der Waals surface area contributed by atoms with Crippen molar-refractivity contribution in [2.24, 2.45) is 11.7 Å². The Balaban J connectivity index is 1.25. The quantitative estimate of drug-likeness (QED) is 0.0943. The molecule has 0 spiro atoms. The van der Waals surface area contributed by atoms with Crippen LogP contribution < -0.4 is 11.1 Å². The minimum absolute atomic E-state index is 0.00743. The van der Waals surface area contributed by atoms with Crippen molar-refractivity contribution in [1.82, 2.24) is 20.1 Å². The number of halogens is 1. The van der Waals surface area contributed by atoms with Crippen molar-refractivity contribution in [3.05, 3.63) is 101 Å². The van der Waals surface area contributed by atoms with E-state index >= 15 is 0 Å². The minimum Gasteiger partial charge on any atom is -0.445 e. The van der Waals surface area contributed by atoms with Crippen molar-refractivity contribution in [2.45, 2.75) is 82.6 Å². The molecule has 0 bridgehead atoms. The molecule has 0 radical (unpaired) electrons. The maximum Gasteiger partial charge on any atom is 0.410 e. The summed E-state index contributed by atoms with van der Waals surface area (Å²) in [5, 5.41) is 3.10. The van der Waals surface area contributed by atoms with Gasteiger partial charge in [-0.25, -0.2) is 14.6 Å². The smallest absolute Gasteiger partial charge is 0.410 e. The summed E-state index contributed by atoms with van der Waals surface area (Å²) in [6, 6.07) is 20.8. The summed E-state index contributed by atoms with van der Waals surface area (Å²) < 4.78 is 17.2. The third kappa shape index (κ3) is 10.5. The average Bonchev–Trinajstić information content (AvgIpc) is 3.85. The van der Waals surface area contributed by atoms with E-state index in [1.165, 1.54) is 4.90 Å². The normalized spacial score (nSPS) is 18.0. The lowest BCUT2D eigenvalue weighted by atomic mass is 9.89. The van der Waals surface area contributed by atoms with Crippen LogP contribution in [-0.2, 0) is 32.1 Å². The SMILES string of the molecule is NCCCC[C@H](CC(=O)[C@@H]1C[C@@H](OC(=O)N2CCCCC2)CN1C(=O)[C@@H](Cc1ccccc1Cl)NC(=O)OCc1ccccc1)C(=O)c1nc2ccccc2o1. The molecule has 0 saturated carbocycles. The van der Waals surface area contributed by atoms with Crippen molar-refractivity contribution >= 4 is 52.4 Å². The van der Waals surface area contributed by atoms with Crippen LogP contribution in [0.3, 0.4) is 0 Å². The lowest BCUT2D eigenvalue weighted by Gasteiger charge is -2.29. The standard InChI is InChI=1S/C42H48ClN5O8/c43-32-17-6-5-15-29(32)23-34(46-41(52)54-27-28-13-3-1-4-14-28)40(51)48-26-31(55-42(53)47-21-11-2-12-22-47)25-35(48)36(49)24-30(16-9-10-20-44)38(50)39-45-33-18-7-8-19-37(33)56-39/h1,3-8,13-15,17-19,30-31,34-35H,2,9-12,16,20-27,44H2,(H,46,52)/t30-,31-,34-,35+/m1/s1. The molecule has 1 aromatic heterocycles. The van der Waals surface area contributed by atoms with Crippen LogP contribution in [-0.4, -0.2) is 88.8 Å². The van der Waals surface area contributed by atoms with Crippen molar-refractivity contribution in [1.29, 1.82) is 0 Å². The van der Waals surface area contributed by atoms with Crippen LogP contribution in [0.4, 0.5) is 9.59 Å². The molecular formula is C42H48ClN5O8. The molecule has 2 fully saturated rings. The molecule has 3 heterocycles. The van der Waals surface area contributed by atoms with E-state index in [4.69, 9.17) is 31.2 Å². The monoisotopic (exact) mass is 785 g/mol. The van der Waals surface area contributed by atoms with E-state index in [1.54, 1.807) is 53.4 Å². The number of carbonyl (C=O) groups excluding carboxylic acids is 5. The van der Waals surface area contributed by atoms with Gasteiger partial charge in [-0.3, -0.25) is 14.4 Å². The second kappa shape index (κ2) is 19.5. The van der Waals surface area contributed by atoms with Crippen LogP contribution in [0.5, 0.6) is 0 Å². The van der Waals surface area contributed by atoms with Crippen LogP contribution in [0.25, 0.3) is 11.1 Å². The molecule has 3 N–H and O–H groups in total. The molecule has 6 rings (SSSR count). The molecule has 0 aliphatic carbocycles. The number of fused-ring (bicyclic) bond motifs is 1. The van der Waals surface area contributed by atoms with Crippen LogP contribution in [0.2, 0.25) is 5.02 Å². The predicted octanol–water partition coefficient (Wildman–Crippen LogP) is 6.50. The maximum absolute atomic E-state index is 14.7. The second-order valence-electron chi connectivity index (χ2n) is 14.4. The number of benzene rings is 3. The highest BCUT2D eigenvalue weighted by atomic mass is 35.5. The molecule has 14 heteroatoms. The number of aromatic nitrogens is 1. The van der Waals surface area contributed by atoms with Gasteiger partial charge >= 0.3 is 12.2 Å². The first-order valence-electron chi connectivity index (χ1n) is 19.3. The number of likely N-dealkylation sites (tertiary alicyclic amines) is 2. The zero-order valence-electron chi connectivity index (χ0n) is 31.3. The van der Waals surface area contributed by atoms with Crippen LogP contribution in [0.1, 0.15) is 73.2 Å². The Kier molecular flexibility index (Phi) is 14.1. The highest BCUT2D eigenvalue weighted by Crippen LogP contribution is 2.29. The van der Waals surface area contributed by atoms with Gasteiger partial charge in [-0.2, -0.15) is 0 Å². The lowest BCUT2D eigenvalue weighted by molar-refractivity contribution is -0.139. The number of ketones is 2. The van der Waals surface area contributed by atoms with Gasteiger partial charge in [0.2, 0.25) is 11.7 Å². The van der Waals surface area contributed by atoms with Gasteiger partial charge in [0.05, 0.1) is 12.6 Å². The van der Waals surface area contributed by atoms with E-state index in [0.29, 0.717) is 60.6 Å². The topological polar surface area (TPSA) is 174 Å². The van der Waals surface area contributed by atoms with Crippen molar-refractivity contribution < 1.29 is 37.9 Å². The Bertz CT molecular complexity index is 1950. The molecular weight excluding hydrogens is 738 g/mol. The number of amides is 3. The summed E-state index contributed by atoms with van der Waals surface area (Å²) in [6.45, 7) is 1.42. The number of hydrogen-bond acceptors (Lipinski definition) is 10. The van der Waals surface area contributed by atoms with Crippen LogP contribution in [0.15, 0.2) is 83.3 Å². The molecule has 2 saturated heterocycles. The fraction of sp³-hybridized carbons (Fsp3) is 0.429. The molecule has 0 unspecified atom stereocenters. The number of nitrogens with zero attached hydrogens (tertiary/aromatic N) is 3. The summed E-state index contributed by atoms with van der Waals surface area (Å²) in [5.74, 6) is -2.29. The second-order valence-corrected chi connectivity index (χ2v) is 14.8. The van der Waals surface area contributed by atoms with Gasteiger partial charge in [0, 0.05) is 43.3 Å². The predicted molar refractivity (Wildman–Crippen MR) is 209 cm³/mol. The van der Waals surface area contributed by atoms with E-state index in [0.717, 1.165) is 24.8 Å². The van der Waals surface area contributed by atoms with Crippen molar-refractivity contribution in [3.63, 3.8) is 0 Å². The molecule has 4 aromatic rings. The number of nitrogens with one attached hydrogen (secondary N) is 1. The van der Waals surface area contributed by atoms with Gasteiger partial charge in [0.1, 0.15) is 24.3 Å². The first-order chi connectivity index (χ1) is 27.2. The highest BCUT2D eigenvalue weighted by Gasteiger charge is 2.45. The van der Waals surface area contributed by atoms with Gasteiger partial charge in [-0.15, -0.1) is 0 Å². The van der Waals surface area contributed by atoms with E-state index in [9.17, 15) is 24.0 Å². The number of alkyl carbamates (subject to hydrolysis) is 1. The molecule has 2 aliphatic heterocycles. The van der Waals surface area contributed by atoms with E-state index < -0.39 is 48.0 Å². The fourth-order valence-corrected chi connectivity index (χ4v) is 7.52. The zero-order chi connectivity index (χ0) is 39.4. The van der Waals surface area contributed by atoms with Crippen molar-refractivity contribution in [3.8, 4) is 0 Å². The first-order valence-corrected chi connectivity index (χ1v) is 19.7. The summed E-state index contributed by atoms with van der Waals surface area (Å²) in [6.07, 6.45) is 1.97. The first kappa shape index (κ1) is 40.4. The van der Waals surface area contributed by atoms with E-state index in [2.05, 4.69) is 10.3 Å². The Morgan fingerprint density at radius 2 is 1.66 bits per heavy atom. The summed E-state index contributed by atoms with van der Waals surface area (Å²) in [4.78, 5) is 76.9. The highest BCUT2D eigenvalue weighted by molar-refractivity contribution is 6.31. The molecule has 3 aromatic carbocycles. The van der Waals surface area contributed by atoms with Gasteiger partial charge < -0.3 is 34.7 Å². The summed E-state index contributed by atoms with van der Waals surface area (Å²) >= 11 is 6.52. The van der Waals surface area contributed by atoms with Gasteiger partial charge in [-0.1, -0.05) is 78.7 Å². The number of carbonyl (C=O) groups is 5. The number of Topliss-reactive ketones (excluding diaryl/α,β-unsaturated/α-hetero) is 2. The molecule has 2 aliphatic rings. The van der Waals surface area contributed by atoms with Crippen LogP contribution >= 0.6 is 11.6 Å². The number of ether oxygens (including phenoxy) is 2. The molecule has 3 amide bonds. The zero-order valence-corrected chi connectivity index (χ0v) is 32.0. The summed E-state index contributed by atoms with van der Waals surface area (Å²) in [5.41, 5.74) is 8.09. The Hall–Kier alpha value is -5.27. The van der Waals surface area contributed by atoms with Gasteiger partial charge in [-0.05, 0) is 68.0 Å². The number of rotatable bonds is 16. The third-order valence-electron chi connectivity index (χ3n) is 10.3. The largest absolute Gasteiger partial charge is 0.445 e. The number of para-hydroxylation sites is 2. The number of oxazole rings is 1. The number of unbranched alkanes of at least 4 members (excludes halogenated alkanes) is 1. The average molecular weight is 786 g/mol. The lowest BCUT2D eigenvalue weighted by Crippen LogP contribution is -2.53. The van der Waals surface area contributed by atoms with Gasteiger partial charge in [0.15, 0.2) is 11.4 Å². The Morgan fingerprint density at radius 1 is 0.929 bits per heavy atom. The Labute approximate surface area is 330 Å². The molecule has 296 valence electrons. The molecule has 56 heavy (non-hydrogen) atoms. The Morgan fingerprint density at radius 3 is 2.41 bits per heavy atom. The van der Waals surface area contributed by atoms with E-state index in [1.807, 2.05) is 30.3 Å². The summed E-state index contributed by atoms with van der Waals surface area (Å²) in [7, 11) is 0. The fourth-order valence-electron chi connectivity index (χ4n) is 7.31. The third-order valence-corrected chi connectivity index (χ3v) is 10.7. The number of hydrogen-bond donors (Lipinski definition) is 2. The number of piperidine rings is 1. The molecule has 4 atom stereocenters. The minimum atomic E-state index is -1.20.